The van der Waals surface area contributed by atoms with Gasteiger partial charge in [0.1, 0.15) is 0 Å². The van der Waals surface area contributed by atoms with E-state index in [4.69, 9.17) is 5.11 Å². The molecular formula is C6H14N3NaO3. The Kier molecular flexibility index (Phi) is 8.10. The van der Waals surface area contributed by atoms with Crippen molar-refractivity contribution in [2.45, 2.75) is 26.3 Å². The van der Waals surface area contributed by atoms with E-state index in [2.05, 4.69) is 5.29 Å². The topological polar surface area (TPSA) is 79.2 Å². The molecule has 7 heteroatoms. The minimum atomic E-state index is -0.515. The normalized spacial score (nSPS) is 10.9. The summed E-state index contributed by atoms with van der Waals surface area (Å²) in [7, 11) is 0. The number of rotatable bonds is 4. The van der Waals surface area contributed by atoms with Crippen molar-refractivity contribution in [2.24, 2.45) is 5.29 Å². The molecule has 13 heavy (non-hydrogen) atoms. The van der Waals surface area contributed by atoms with E-state index >= 15 is 0 Å². The molecule has 0 aliphatic carbocycles. The first-order valence-corrected chi connectivity index (χ1v) is 3.62. The van der Waals surface area contributed by atoms with Crippen LogP contribution in [0, 0.1) is 10.1 Å². The summed E-state index contributed by atoms with van der Waals surface area (Å²) < 4.78 is 0. The molecule has 0 aromatic carbocycles. The van der Waals surface area contributed by atoms with Crippen LogP contribution in [-0.4, -0.2) is 34.1 Å². The maximum Gasteiger partial charge on any atom is 1.00 e. The molecule has 0 aromatic heterocycles. The third-order valence-electron chi connectivity index (χ3n) is 1.36. The molecule has 0 saturated carbocycles. The number of hydrogen-bond acceptors (Lipinski definition) is 5. The molecule has 0 fully saturated rings. The Morgan fingerprint density at radius 1 is 1.46 bits per heavy atom. The summed E-state index contributed by atoms with van der Waals surface area (Å²) in [4.78, 5) is 9.91. The van der Waals surface area contributed by atoms with Crippen molar-refractivity contribution in [3.05, 3.63) is 10.1 Å². The minimum Gasteiger partial charge on any atom is -0.724 e. The molecule has 0 spiro atoms. The van der Waals surface area contributed by atoms with E-state index in [0.29, 0.717) is 0 Å². The van der Waals surface area contributed by atoms with Crippen LogP contribution in [-0.2, 0) is 0 Å². The maximum atomic E-state index is 10.8. The smallest absolute Gasteiger partial charge is 0.724 e. The maximum absolute atomic E-state index is 10.8. The molecule has 72 valence electrons. The fourth-order valence-corrected chi connectivity index (χ4v) is 0.816. The van der Waals surface area contributed by atoms with Crippen LogP contribution in [0.1, 0.15) is 20.8 Å². The standard InChI is InChI=1S/C6H14N3O3.Na/c1-6(2,3)8(4-5-10)9(12)7-11;/h10H,4-5H2,1-3H3;/q-1;+1. The SMILES string of the molecule is CC(C)(C)N(CCO)N([O-])N=O.[Na+]. The first-order valence-electron chi connectivity index (χ1n) is 3.62. The van der Waals surface area contributed by atoms with E-state index < -0.39 is 5.54 Å². The van der Waals surface area contributed by atoms with Crippen molar-refractivity contribution in [2.75, 3.05) is 13.2 Å². The zero-order valence-electron chi connectivity index (χ0n) is 8.52. The predicted octanol–water partition coefficient (Wildman–Crippen LogP) is -2.52. The summed E-state index contributed by atoms with van der Waals surface area (Å²) in [5.41, 5.74) is -0.515. The third-order valence-corrected chi connectivity index (χ3v) is 1.36. The molecule has 0 unspecified atom stereocenters. The minimum absolute atomic E-state index is 0. The molecule has 0 atom stereocenters. The summed E-state index contributed by atoms with van der Waals surface area (Å²) in [6.07, 6.45) is 0. The van der Waals surface area contributed by atoms with Gasteiger partial charge in [0.05, 0.1) is 11.9 Å². The van der Waals surface area contributed by atoms with Gasteiger partial charge in [0, 0.05) is 12.1 Å². The molecule has 0 radical (unpaired) electrons. The zero-order valence-corrected chi connectivity index (χ0v) is 10.5. The fourth-order valence-electron chi connectivity index (χ4n) is 0.816. The van der Waals surface area contributed by atoms with Crippen LogP contribution in [0.4, 0.5) is 0 Å². The molecule has 6 nitrogen and oxygen atoms in total. The largest absolute Gasteiger partial charge is 1.00 e. The molecular weight excluding hydrogens is 185 g/mol. The van der Waals surface area contributed by atoms with E-state index in [-0.39, 0.29) is 48.0 Å². The summed E-state index contributed by atoms with van der Waals surface area (Å²) in [5.74, 6) is 0. The van der Waals surface area contributed by atoms with Gasteiger partial charge in [-0.05, 0) is 20.8 Å². The van der Waals surface area contributed by atoms with Gasteiger partial charge in [0.15, 0.2) is 0 Å². The molecule has 0 saturated heterocycles. The van der Waals surface area contributed by atoms with E-state index in [1.807, 2.05) is 0 Å². The number of nitrogens with zero attached hydrogens (tertiary/aromatic N) is 3. The van der Waals surface area contributed by atoms with Crippen LogP contribution in [0.2, 0.25) is 0 Å². The van der Waals surface area contributed by atoms with Gasteiger partial charge in [0.2, 0.25) is 0 Å². The second-order valence-electron chi connectivity index (χ2n) is 3.35. The van der Waals surface area contributed by atoms with E-state index in [9.17, 15) is 10.1 Å². The Hall–Kier alpha value is 0.280. The number of β-amino-alcohol motifs (C(OH)–C–C–N with tert-alkyl or cyclic N) is 1. The Morgan fingerprint density at radius 3 is 2.15 bits per heavy atom. The van der Waals surface area contributed by atoms with Crippen molar-refractivity contribution in [1.82, 2.24) is 10.3 Å². The van der Waals surface area contributed by atoms with Gasteiger partial charge in [-0.3, -0.25) is 5.28 Å². The second kappa shape index (κ2) is 6.69. The van der Waals surface area contributed by atoms with E-state index in [0.717, 1.165) is 5.01 Å². The number of hydrazine groups is 1. The van der Waals surface area contributed by atoms with Crippen LogP contribution in [0.15, 0.2) is 5.29 Å². The van der Waals surface area contributed by atoms with Crippen LogP contribution in [0.25, 0.3) is 0 Å². The summed E-state index contributed by atoms with van der Waals surface area (Å²) in [6.45, 7) is 5.15. The monoisotopic (exact) mass is 199 g/mol. The number of nitroso groups, excluding NO2 is 1. The summed E-state index contributed by atoms with van der Waals surface area (Å²) in [5, 5.41) is 22.7. The van der Waals surface area contributed by atoms with Gasteiger partial charge >= 0.3 is 29.6 Å². The van der Waals surface area contributed by atoms with Gasteiger partial charge < -0.3 is 10.3 Å². The Morgan fingerprint density at radius 2 is 1.92 bits per heavy atom. The molecule has 1 N–H and O–H groups in total. The van der Waals surface area contributed by atoms with E-state index in [1.54, 1.807) is 20.8 Å². The fraction of sp³-hybridized carbons (Fsp3) is 1.00. The zero-order chi connectivity index (χ0) is 9.78. The number of hydrogen-bond donors (Lipinski definition) is 1. The Labute approximate surface area is 99.7 Å². The van der Waals surface area contributed by atoms with Crippen molar-refractivity contribution >= 4 is 0 Å². The third kappa shape index (κ3) is 5.56. The molecule has 0 rings (SSSR count). The summed E-state index contributed by atoms with van der Waals surface area (Å²) in [6, 6.07) is 0. The van der Waals surface area contributed by atoms with Crippen molar-refractivity contribution in [3.63, 3.8) is 0 Å². The van der Waals surface area contributed by atoms with Crippen molar-refractivity contribution < 1.29 is 34.7 Å². The first kappa shape index (κ1) is 15.7. The van der Waals surface area contributed by atoms with Gasteiger partial charge in [-0.2, -0.15) is 0 Å². The van der Waals surface area contributed by atoms with Gasteiger partial charge in [-0.1, -0.05) is 0 Å². The molecule has 0 amide bonds. The van der Waals surface area contributed by atoms with Gasteiger partial charge in [-0.25, -0.2) is 5.01 Å². The Balaban J connectivity index is 0. The molecule has 0 bridgehead atoms. The van der Waals surface area contributed by atoms with Crippen molar-refractivity contribution in [1.29, 1.82) is 0 Å². The quantitative estimate of drug-likeness (QED) is 0.307. The van der Waals surface area contributed by atoms with Gasteiger partial charge in [0.25, 0.3) is 0 Å². The molecule has 0 aliphatic rings. The number of aliphatic hydroxyl groups excluding tert-OH is 1. The number of aliphatic hydroxyl groups is 1. The van der Waals surface area contributed by atoms with Gasteiger partial charge in [-0.15, -0.1) is 4.91 Å². The van der Waals surface area contributed by atoms with Crippen LogP contribution in [0.3, 0.4) is 0 Å². The molecule has 0 heterocycles. The van der Waals surface area contributed by atoms with Crippen LogP contribution >= 0.6 is 0 Å². The average molecular weight is 199 g/mol. The van der Waals surface area contributed by atoms with E-state index in [1.165, 1.54) is 0 Å². The van der Waals surface area contributed by atoms with Crippen molar-refractivity contribution in [3.8, 4) is 0 Å². The average Bonchev–Trinajstić information content (AvgIpc) is 1.96. The second-order valence-corrected chi connectivity index (χ2v) is 3.35. The Bertz CT molecular complexity index is 151. The first-order chi connectivity index (χ1) is 5.43. The predicted molar refractivity (Wildman–Crippen MR) is 44.5 cm³/mol. The van der Waals surface area contributed by atoms with Crippen LogP contribution < -0.4 is 29.6 Å². The summed E-state index contributed by atoms with van der Waals surface area (Å²) >= 11 is 0. The molecule has 0 aliphatic heterocycles. The van der Waals surface area contributed by atoms with Crippen LogP contribution in [0.5, 0.6) is 0 Å². The molecule has 0 aromatic rings.